The van der Waals surface area contributed by atoms with Crippen LogP contribution in [0.1, 0.15) is 57.0 Å². The van der Waals surface area contributed by atoms with Crippen molar-refractivity contribution in [2.24, 2.45) is 0 Å². The summed E-state index contributed by atoms with van der Waals surface area (Å²) in [5.74, 6) is 0.241. The zero-order valence-electron chi connectivity index (χ0n) is 33.8. The topological polar surface area (TPSA) is 180 Å². The van der Waals surface area contributed by atoms with E-state index in [4.69, 9.17) is 53.8 Å². The second kappa shape index (κ2) is 20.9. The lowest BCUT2D eigenvalue weighted by Crippen LogP contribution is -2.44. The third kappa shape index (κ3) is 11.3. The number of hydrogen-bond donors (Lipinski definition) is 3. The molecule has 2 heterocycles. The van der Waals surface area contributed by atoms with Gasteiger partial charge in [-0.05, 0) is 78.4 Å². The van der Waals surface area contributed by atoms with Crippen LogP contribution >= 0.6 is 34.8 Å². The van der Waals surface area contributed by atoms with Gasteiger partial charge in [0.1, 0.15) is 67.6 Å². The molecule has 0 saturated carbocycles. The SMILES string of the molecule is Cc1c(COc2cc(OCc3cncc(C#N)c3)c(Cl)cc2Cl)cccc1-c1cccc(COc2cc(OCc3cncc(C#N)c3)c(CN[C@@H](C(=O)O)[C@H](C)O)cc2Cl)c1C. The molecule has 2 aromatic heterocycles. The Bertz CT molecular complexity index is 2680. The molecule has 0 fully saturated rings. The summed E-state index contributed by atoms with van der Waals surface area (Å²) in [6.45, 7) is 6.02. The zero-order valence-corrected chi connectivity index (χ0v) is 36.1. The molecule has 2 atom stereocenters. The van der Waals surface area contributed by atoms with Crippen LogP contribution in [-0.2, 0) is 37.8 Å². The number of carbonyl (C=O) groups is 1. The van der Waals surface area contributed by atoms with E-state index in [9.17, 15) is 25.5 Å². The van der Waals surface area contributed by atoms with E-state index in [1.807, 2.05) is 50.2 Å². The van der Waals surface area contributed by atoms with Gasteiger partial charge in [0.2, 0.25) is 0 Å². The van der Waals surface area contributed by atoms with Crippen LogP contribution in [0, 0.1) is 36.5 Å². The standard InChI is InChI=1S/C47H40Cl3N5O7/c1-27-34(25-61-43-14-42(59-23-32-10-30(16-51)18-53-20-32)36(12-39(43)48)22-55-46(29(3)56)47(57)58)6-4-8-37(27)38-9-5-7-35(28(38)2)26-62-45-15-44(40(49)13-41(45)50)60-24-33-11-31(17-52)19-54-21-33/h4-15,18-21,29,46,55-56H,22-26H2,1-3H3,(H,57,58)/t29-,46+/m0/s1. The number of aliphatic carboxylic acids is 1. The monoisotopic (exact) mass is 891 g/mol. The maximum atomic E-state index is 11.8. The first kappa shape index (κ1) is 45.2. The van der Waals surface area contributed by atoms with Crippen LogP contribution in [0.3, 0.4) is 0 Å². The number of pyridine rings is 2. The Kier molecular flexibility index (Phi) is 15.2. The van der Waals surface area contributed by atoms with Crippen LogP contribution in [0.25, 0.3) is 11.1 Å². The van der Waals surface area contributed by atoms with E-state index < -0.39 is 18.1 Å². The number of rotatable bonds is 18. The van der Waals surface area contributed by atoms with Crippen molar-refractivity contribution >= 4 is 40.8 Å². The molecule has 12 nitrogen and oxygen atoms in total. The molecular weight excluding hydrogens is 853 g/mol. The van der Waals surface area contributed by atoms with E-state index in [-0.39, 0.29) is 38.0 Å². The van der Waals surface area contributed by atoms with Gasteiger partial charge in [0.25, 0.3) is 0 Å². The van der Waals surface area contributed by atoms with Crippen LogP contribution in [-0.4, -0.2) is 38.3 Å². The lowest BCUT2D eigenvalue weighted by Gasteiger charge is -2.20. The van der Waals surface area contributed by atoms with Crippen LogP contribution in [0.5, 0.6) is 23.0 Å². The molecule has 0 amide bonds. The first-order valence-corrected chi connectivity index (χ1v) is 20.3. The average Bonchev–Trinajstić information content (AvgIpc) is 3.26. The summed E-state index contributed by atoms with van der Waals surface area (Å²) in [6.07, 6.45) is 4.96. The van der Waals surface area contributed by atoms with E-state index in [2.05, 4.69) is 27.4 Å². The molecule has 0 radical (unpaired) electrons. The Balaban J connectivity index is 1.18. The predicted octanol–water partition coefficient (Wildman–Crippen LogP) is 9.70. The summed E-state index contributed by atoms with van der Waals surface area (Å²) in [5, 5.41) is 41.9. The Labute approximate surface area is 373 Å². The van der Waals surface area contributed by atoms with Crippen LogP contribution in [0.2, 0.25) is 15.1 Å². The molecule has 0 bridgehead atoms. The summed E-state index contributed by atoms with van der Waals surface area (Å²) in [7, 11) is 0. The molecule has 0 spiro atoms. The number of hydrogen-bond acceptors (Lipinski definition) is 11. The molecule has 6 rings (SSSR count). The molecule has 0 aliphatic carbocycles. The highest BCUT2D eigenvalue weighted by atomic mass is 35.5. The highest BCUT2D eigenvalue weighted by molar-refractivity contribution is 6.36. The fourth-order valence-electron chi connectivity index (χ4n) is 6.53. The first-order chi connectivity index (χ1) is 29.8. The number of ether oxygens (including phenoxy) is 4. The minimum absolute atomic E-state index is 0.0129. The Morgan fingerprint density at radius 2 is 1.11 bits per heavy atom. The second-order valence-electron chi connectivity index (χ2n) is 14.3. The maximum Gasteiger partial charge on any atom is 0.323 e. The molecule has 15 heteroatoms. The molecule has 62 heavy (non-hydrogen) atoms. The van der Waals surface area contributed by atoms with Gasteiger partial charge in [-0.3, -0.25) is 20.1 Å². The van der Waals surface area contributed by atoms with Gasteiger partial charge in [0.15, 0.2) is 0 Å². The fourth-order valence-corrected chi connectivity index (χ4v) is 7.26. The van der Waals surface area contributed by atoms with Gasteiger partial charge in [0, 0.05) is 60.2 Å². The molecule has 3 N–H and O–H groups in total. The van der Waals surface area contributed by atoms with Gasteiger partial charge in [-0.25, -0.2) is 0 Å². The van der Waals surface area contributed by atoms with Gasteiger partial charge >= 0.3 is 5.97 Å². The van der Waals surface area contributed by atoms with Gasteiger partial charge < -0.3 is 29.2 Å². The summed E-state index contributed by atoms with van der Waals surface area (Å²) < 4.78 is 24.7. The number of aromatic nitrogens is 2. The van der Waals surface area contributed by atoms with Crippen molar-refractivity contribution in [1.29, 1.82) is 10.5 Å². The minimum atomic E-state index is -1.23. The summed E-state index contributed by atoms with van der Waals surface area (Å²) in [4.78, 5) is 19.9. The number of nitrogens with zero attached hydrogens (tertiary/aromatic N) is 4. The van der Waals surface area contributed by atoms with E-state index in [0.29, 0.717) is 60.9 Å². The number of carboxylic acid groups (broad SMARTS) is 1. The zero-order chi connectivity index (χ0) is 44.3. The molecule has 4 aromatic carbocycles. The van der Waals surface area contributed by atoms with Crippen molar-refractivity contribution in [3.63, 3.8) is 0 Å². The second-order valence-corrected chi connectivity index (χ2v) is 15.5. The number of nitrogens with one attached hydrogen (secondary N) is 1. The minimum Gasteiger partial charge on any atom is -0.488 e. The van der Waals surface area contributed by atoms with Crippen molar-refractivity contribution in [3.05, 3.63) is 163 Å². The van der Waals surface area contributed by atoms with Crippen LogP contribution < -0.4 is 24.3 Å². The van der Waals surface area contributed by atoms with Crippen molar-refractivity contribution < 1.29 is 34.0 Å². The molecule has 6 aromatic rings. The molecular formula is C47H40Cl3N5O7. The normalized spacial score (nSPS) is 11.8. The van der Waals surface area contributed by atoms with E-state index in [1.165, 1.54) is 19.3 Å². The Morgan fingerprint density at radius 3 is 1.58 bits per heavy atom. The molecule has 316 valence electrons. The predicted molar refractivity (Wildman–Crippen MR) is 234 cm³/mol. The smallest absolute Gasteiger partial charge is 0.323 e. The van der Waals surface area contributed by atoms with E-state index >= 15 is 0 Å². The van der Waals surface area contributed by atoms with Crippen molar-refractivity contribution in [2.45, 2.75) is 65.9 Å². The van der Waals surface area contributed by atoms with Gasteiger partial charge in [-0.15, -0.1) is 0 Å². The maximum absolute atomic E-state index is 11.8. The number of aliphatic hydroxyl groups is 1. The summed E-state index contributed by atoms with van der Waals surface area (Å²) in [6, 6.07) is 24.7. The lowest BCUT2D eigenvalue weighted by atomic mass is 9.92. The largest absolute Gasteiger partial charge is 0.488 e. The number of aliphatic hydroxyl groups excluding tert-OH is 1. The lowest BCUT2D eigenvalue weighted by molar-refractivity contribution is -0.142. The van der Waals surface area contributed by atoms with Gasteiger partial charge in [-0.2, -0.15) is 10.5 Å². The third-order valence-electron chi connectivity index (χ3n) is 9.95. The van der Waals surface area contributed by atoms with Crippen LogP contribution in [0.4, 0.5) is 0 Å². The van der Waals surface area contributed by atoms with Crippen molar-refractivity contribution in [2.75, 3.05) is 0 Å². The molecule has 0 saturated heterocycles. The highest BCUT2D eigenvalue weighted by Gasteiger charge is 2.24. The Hall–Kier alpha value is -6.38. The van der Waals surface area contributed by atoms with Gasteiger partial charge in [-0.1, -0.05) is 71.2 Å². The fraction of sp³-hybridized carbons (Fsp3) is 0.213. The van der Waals surface area contributed by atoms with Crippen molar-refractivity contribution in [1.82, 2.24) is 15.3 Å². The number of nitriles is 2. The summed E-state index contributed by atoms with van der Waals surface area (Å²) in [5.41, 5.74) is 8.52. The number of benzene rings is 4. The van der Waals surface area contributed by atoms with E-state index in [0.717, 1.165) is 33.4 Å². The molecule has 0 aliphatic rings. The number of carboxylic acids is 1. The van der Waals surface area contributed by atoms with Crippen molar-refractivity contribution in [3.8, 4) is 46.3 Å². The first-order valence-electron chi connectivity index (χ1n) is 19.2. The van der Waals surface area contributed by atoms with Crippen LogP contribution in [0.15, 0.2) is 97.6 Å². The van der Waals surface area contributed by atoms with E-state index in [1.54, 1.807) is 48.8 Å². The number of halogens is 3. The highest BCUT2D eigenvalue weighted by Crippen LogP contribution is 2.38. The third-order valence-corrected chi connectivity index (χ3v) is 10.8. The molecule has 0 unspecified atom stereocenters. The summed E-state index contributed by atoms with van der Waals surface area (Å²) >= 11 is 19.8. The average molecular weight is 893 g/mol. The van der Waals surface area contributed by atoms with Gasteiger partial charge in [0.05, 0.1) is 32.3 Å². The quantitative estimate of drug-likeness (QED) is 0.0745. The molecule has 0 aliphatic heterocycles. The Morgan fingerprint density at radius 1 is 0.661 bits per heavy atom.